The van der Waals surface area contributed by atoms with Gasteiger partial charge in [0.2, 0.25) is 0 Å². The zero-order valence-corrected chi connectivity index (χ0v) is 9.33. The Morgan fingerprint density at radius 3 is 2.50 bits per heavy atom. The van der Waals surface area contributed by atoms with E-state index < -0.39 is 0 Å². The van der Waals surface area contributed by atoms with E-state index in [4.69, 9.17) is 0 Å². The van der Waals surface area contributed by atoms with Crippen LogP contribution in [0.4, 0.5) is 0 Å². The Morgan fingerprint density at radius 1 is 1.25 bits per heavy atom. The summed E-state index contributed by atoms with van der Waals surface area (Å²) >= 11 is 2.12. The summed E-state index contributed by atoms with van der Waals surface area (Å²) < 4.78 is 0. The molecule has 0 saturated heterocycles. The average molecular weight is 186 g/mol. The van der Waals surface area contributed by atoms with Crippen LogP contribution in [0.5, 0.6) is 0 Å². The molecule has 0 nitrogen and oxygen atoms in total. The zero-order valence-electron chi connectivity index (χ0n) is 8.51. The van der Waals surface area contributed by atoms with Gasteiger partial charge >= 0.3 is 0 Å². The third kappa shape index (κ3) is 3.84. The third-order valence-electron chi connectivity index (χ3n) is 2.84. The lowest BCUT2D eigenvalue weighted by atomic mass is 9.86. The fraction of sp³-hybridized carbons (Fsp3) is 1.00. The van der Waals surface area contributed by atoms with Crippen molar-refractivity contribution >= 4 is 11.8 Å². The summed E-state index contributed by atoms with van der Waals surface area (Å²) in [4.78, 5) is 0. The molecule has 72 valence electrons. The van der Waals surface area contributed by atoms with Crippen LogP contribution >= 0.6 is 11.8 Å². The molecule has 1 unspecified atom stereocenters. The van der Waals surface area contributed by atoms with Crippen LogP contribution in [0.1, 0.15) is 52.4 Å². The molecule has 0 aromatic heterocycles. The molecule has 1 heteroatoms. The van der Waals surface area contributed by atoms with Gasteiger partial charge in [0.25, 0.3) is 0 Å². The summed E-state index contributed by atoms with van der Waals surface area (Å²) in [5.74, 6) is 2.35. The topological polar surface area (TPSA) is 0 Å². The maximum Gasteiger partial charge on any atom is 0.00212 e. The largest absolute Gasteiger partial charge is 0.159 e. The molecule has 1 aliphatic rings. The van der Waals surface area contributed by atoms with E-state index >= 15 is 0 Å². The predicted octanol–water partition coefficient (Wildman–Crippen LogP) is 4.10. The minimum Gasteiger partial charge on any atom is -0.159 e. The van der Waals surface area contributed by atoms with E-state index in [-0.39, 0.29) is 0 Å². The molecule has 0 radical (unpaired) electrons. The molecule has 0 bridgehead atoms. The molecule has 1 rings (SSSR count). The highest BCUT2D eigenvalue weighted by atomic mass is 32.2. The maximum absolute atomic E-state index is 2.39. The second-order valence-electron chi connectivity index (χ2n) is 4.01. The fourth-order valence-corrected chi connectivity index (χ4v) is 3.22. The Bertz CT molecular complexity index is 106. The van der Waals surface area contributed by atoms with E-state index in [1.54, 1.807) is 0 Å². The van der Waals surface area contributed by atoms with Gasteiger partial charge in [-0.15, -0.1) is 0 Å². The predicted molar refractivity (Wildman–Crippen MR) is 58.8 cm³/mol. The van der Waals surface area contributed by atoms with E-state index in [1.807, 2.05) is 0 Å². The Kier molecular flexibility index (Phi) is 5.13. The first-order chi connectivity index (χ1) is 5.83. The summed E-state index contributed by atoms with van der Waals surface area (Å²) in [6, 6.07) is 0. The highest BCUT2D eigenvalue weighted by Gasteiger charge is 2.15. The monoisotopic (exact) mass is 186 g/mol. The molecular formula is C11H22S. The minimum atomic E-state index is 0.901. The summed E-state index contributed by atoms with van der Waals surface area (Å²) in [6.07, 6.45) is 8.97. The van der Waals surface area contributed by atoms with Gasteiger partial charge in [-0.05, 0) is 18.1 Å². The van der Waals surface area contributed by atoms with E-state index in [2.05, 4.69) is 25.6 Å². The number of hydrogen-bond acceptors (Lipinski definition) is 1. The molecule has 0 heterocycles. The molecule has 0 amide bonds. The number of thioether (sulfide) groups is 1. The van der Waals surface area contributed by atoms with Gasteiger partial charge in [0.05, 0.1) is 0 Å². The number of hydrogen-bond donors (Lipinski definition) is 0. The second kappa shape index (κ2) is 5.90. The van der Waals surface area contributed by atoms with E-state index in [0.29, 0.717) is 0 Å². The Morgan fingerprint density at radius 2 is 1.92 bits per heavy atom. The summed E-state index contributed by atoms with van der Waals surface area (Å²) in [5.41, 5.74) is 0. The lowest BCUT2D eigenvalue weighted by Gasteiger charge is -2.24. The summed E-state index contributed by atoms with van der Waals surface area (Å²) in [7, 11) is 0. The number of rotatable bonds is 4. The molecular weight excluding hydrogens is 164 g/mol. The third-order valence-corrected chi connectivity index (χ3v) is 3.94. The molecule has 1 aliphatic carbocycles. The van der Waals surface area contributed by atoms with Gasteiger partial charge in [-0.1, -0.05) is 46.0 Å². The molecule has 0 spiro atoms. The van der Waals surface area contributed by atoms with Crippen LogP contribution in [0.3, 0.4) is 0 Å². The van der Waals surface area contributed by atoms with Crippen molar-refractivity contribution in [3.8, 4) is 0 Å². The maximum atomic E-state index is 2.39. The molecule has 12 heavy (non-hydrogen) atoms. The average Bonchev–Trinajstić information content (AvgIpc) is 2.06. The van der Waals surface area contributed by atoms with Gasteiger partial charge in [0.1, 0.15) is 0 Å². The standard InChI is InChI=1S/C11H22S/c1-3-12-10(2)9-11-7-5-4-6-8-11/h10-11H,3-9H2,1-2H3. The zero-order chi connectivity index (χ0) is 8.81. The van der Waals surface area contributed by atoms with Crippen LogP contribution in [0, 0.1) is 5.92 Å². The highest BCUT2D eigenvalue weighted by molar-refractivity contribution is 7.99. The smallest absolute Gasteiger partial charge is 0.00212 e. The van der Waals surface area contributed by atoms with Crippen LogP contribution < -0.4 is 0 Å². The molecule has 0 aromatic rings. The van der Waals surface area contributed by atoms with E-state index in [9.17, 15) is 0 Å². The van der Waals surface area contributed by atoms with Crippen LogP contribution in [0.25, 0.3) is 0 Å². The van der Waals surface area contributed by atoms with Crippen LogP contribution in [-0.2, 0) is 0 Å². The van der Waals surface area contributed by atoms with Crippen molar-refractivity contribution in [1.29, 1.82) is 0 Å². The van der Waals surface area contributed by atoms with Gasteiger partial charge in [0, 0.05) is 5.25 Å². The van der Waals surface area contributed by atoms with Crippen molar-refractivity contribution in [3.05, 3.63) is 0 Å². The molecule has 0 N–H and O–H groups in total. The second-order valence-corrected chi connectivity index (χ2v) is 5.72. The summed E-state index contributed by atoms with van der Waals surface area (Å²) in [6.45, 7) is 4.66. The normalized spacial score (nSPS) is 22.5. The van der Waals surface area contributed by atoms with Gasteiger partial charge < -0.3 is 0 Å². The SMILES string of the molecule is CCSC(C)CC1CCCCC1. The lowest BCUT2D eigenvalue weighted by molar-refractivity contribution is 0.339. The van der Waals surface area contributed by atoms with Crippen LogP contribution in [0.15, 0.2) is 0 Å². The Labute approximate surface area is 81.5 Å². The van der Waals surface area contributed by atoms with E-state index in [1.165, 1.54) is 44.3 Å². The molecule has 0 aromatic carbocycles. The first-order valence-corrected chi connectivity index (χ1v) is 6.49. The molecule has 1 fully saturated rings. The minimum absolute atomic E-state index is 0.901. The quantitative estimate of drug-likeness (QED) is 0.637. The van der Waals surface area contributed by atoms with Gasteiger partial charge in [-0.25, -0.2) is 0 Å². The van der Waals surface area contributed by atoms with Crippen molar-refractivity contribution in [2.24, 2.45) is 5.92 Å². The highest BCUT2D eigenvalue weighted by Crippen LogP contribution is 2.30. The van der Waals surface area contributed by atoms with Gasteiger partial charge in [-0.3, -0.25) is 0 Å². The first kappa shape index (κ1) is 10.4. The van der Waals surface area contributed by atoms with Gasteiger partial charge in [-0.2, -0.15) is 11.8 Å². The van der Waals surface area contributed by atoms with E-state index in [0.717, 1.165) is 11.2 Å². The first-order valence-electron chi connectivity index (χ1n) is 5.44. The van der Waals surface area contributed by atoms with Crippen molar-refractivity contribution in [1.82, 2.24) is 0 Å². The van der Waals surface area contributed by atoms with Crippen LogP contribution in [-0.4, -0.2) is 11.0 Å². The Balaban J connectivity index is 2.11. The van der Waals surface area contributed by atoms with Crippen molar-refractivity contribution in [2.75, 3.05) is 5.75 Å². The molecule has 1 saturated carbocycles. The fourth-order valence-electron chi connectivity index (χ4n) is 2.24. The molecule has 0 aliphatic heterocycles. The van der Waals surface area contributed by atoms with Crippen LogP contribution in [0.2, 0.25) is 0 Å². The van der Waals surface area contributed by atoms with Gasteiger partial charge in [0.15, 0.2) is 0 Å². The Hall–Kier alpha value is 0.350. The van der Waals surface area contributed by atoms with Crippen molar-refractivity contribution < 1.29 is 0 Å². The van der Waals surface area contributed by atoms with Crippen molar-refractivity contribution in [2.45, 2.75) is 57.6 Å². The molecule has 1 atom stereocenters. The van der Waals surface area contributed by atoms with Crippen molar-refractivity contribution in [3.63, 3.8) is 0 Å². The summed E-state index contributed by atoms with van der Waals surface area (Å²) in [5, 5.41) is 0.901. The lowest BCUT2D eigenvalue weighted by Crippen LogP contribution is -2.11.